The number of ether oxygens (including phenoxy) is 4. The first-order chi connectivity index (χ1) is 13.2. The van der Waals surface area contributed by atoms with Gasteiger partial charge in [0.1, 0.15) is 0 Å². The van der Waals surface area contributed by atoms with Crippen LogP contribution in [-0.2, 0) is 30.3 Å². The van der Waals surface area contributed by atoms with Gasteiger partial charge in [0.05, 0.1) is 37.4 Å². The summed E-state index contributed by atoms with van der Waals surface area (Å²) in [5.74, 6) is -0.386. The SMILES string of the molecule is C[C@@H]1[C@@H]2O[C@@](C)(CC[C@H]2COC(=O)C(C)(C)C)O[C@H]1COCc1ccccc1. The predicted molar refractivity (Wildman–Crippen MR) is 107 cm³/mol. The smallest absolute Gasteiger partial charge is 0.311 e. The second-order valence-electron chi connectivity index (χ2n) is 9.38. The molecule has 5 nitrogen and oxygen atoms in total. The minimum Gasteiger partial charge on any atom is -0.465 e. The molecule has 1 aromatic carbocycles. The van der Waals surface area contributed by atoms with Crippen molar-refractivity contribution in [3.05, 3.63) is 35.9 Å². The number of hydrogen-bond donors (Lipinski definition) is 0. The minimum absolute atomic E-state index is 0.00518. The zero-order chi connectivity index (χ0) is 20.4. The van der Waals surface area contributed by atoms with E-state index < -0.39 is 11.2 Å². The first-order valence-corrected chi connectivity index (χ1v) is 10.3. The van der Waals surface area contributed by atoms with E-state index in [0.29, 0.717) is 19.8 Å². The molecule has 0 amide bonds. The predicted octanol–water partition coefficient (Wildman–Crippen LogP) is 4.34. The molecule has 3 rings (SSSR count). The fourth-order valence-electron chi connectivity index (χ4n) is 3.95. The Morgan fingerprint density at radius 3 is 2.57 bits per heavy atom. The Balaban J connectivity index is 1.57. The molecule has 2 fully saturated rings. The van der Waals surface area contributed by atoms with Crippen LogP contribution in [-0.4, -0.2) is 37.2 Å². The fourth-order valence-corrected chi connectivity index (χ4v) is 3.95. The van der Waals surface area contributed by atoms with Gasteiger partial charge < -0.3 is 18.9 Å². The molecule has 156 valence electrons. The molecule has 5 heteroatoms. The molecule has 2 bridgehead atoms. The molecule has 2 heterocycles. The third-order valence-corrected chi connectivity index (χ3v) is 5.76. The number of esters is 1. The summed E-state index contributed by atoms with van der Waals surface area (Å²) in [4.78, 5) is 12.2. The van der Waals surface area contributed by atoms with Gasteiger partial charge in [-0.05, 0) is 39.7 Å². The van der Waals surface area contributed by atoms with Gasteiger partial charge in [-0.15, -0.1) is 0 Å². The van der Waals surface area contributed by atoms with Crippen molar-refractivity contribution in [1.29, 1.82) is 0 Å². The average molecular weight is 391 g/mol. The van der Waals surface area contributed by atoms with Crippen molar-refractivity contribution in [1.82, 2.24) is 0 Å². The van der Waals surface area contributed by atoms with E-state index in [2.05, 4.69) is 19.1 Å². The van der Waals surface area contributed by atoms with Crippen molar-refractivity contribution in [2.45, 2.75) is 72.1 Å². The lowest BCUT2D eigenvalue weighted by molar-refractivity contribution is -0.362. The van der Waals surface area contributed by atoms with E-state index in [9.17, 15) is 4.79 Å². The highest BCUT2D eigenvalue weighted by Gasteiger charge is 2.50. The van der Waals surface area contributed by atoms with Gasteiger partial charge >= 0.3 is 5.97 Å². The van der Waals surface area contributed by atoms with Crippen LogP contribution in [0.1, 0.15) is 53.0 Å². The fraction of sp³-hybridized carbons (Fsp3) is 0.696. The molecular weight excluding hydrogens is 356 g/mol. The number of carbonyl (C=O) groups excluding carboxylic acids is 1. The van der Waals surface area contributed by atoms with E-state index in [1.54, 1.807) is 0 Å². The third kappa shape index (κ3) is 5.13. The van der Waals surface area contributed by atoms with Crippen LogP contribution in [0.5, 0.6) is 0 Å². The standard InChI is InChI=1S/C23H34O5/c1-16-19(15-25-13-17-9-7-6-8-10-17)27-23(5)12-11-18(20(16)28-23)14-26-21(24)22(2,3)4/h6-10,16,18-20H,11-15H2,1-5H3/t16-,18-,19-,20-,23-/m0/s1. The Morgan fingerprint density at radius 2 is 1.89 bits per heavy atom. The molecule has 5 atom stereocenters. The van der Waals surface area contributed by atoms with Crippen LogP contribution in [0.25, 0.3) is 0 Å². The number of benzene rings is 1. The van der Waals surface area contributed by atoms with Crippen molar-refractivity contribution in [3.8, 4) is 0 Å². The molecule has 0 spiro atoms. The Kier molecular flexibility index (Phi) is 6.47. The molecule has 28 heavy (non-hydrogen) atoms. The van der Waals surface area contributed by atoms with E-state index in [4.69, 9.17) is 18.9 Å². The summed E-state index contributed by atoms with van der Waals surface area (Å²) < 4.78 is 24.1. The van der Waals surface area contributed by atoms with E-state index >= 15 is 0 Å². The Labute approximate surface area is 168 Å². The second kappa shape index (κ2) is 8.52. The number of hydrogen-bond acceptors (Lipinski definition) is 5. The monoisotopic (exact) mass is 390 g/mol. The Morgan fingerprint density at radius 1 is 1.18 bits per heavy atom. The Bertz CT molecular complexity index is 653. The molecule has 2 aliphatic heterocycles. The van der Waals surface area contributed by atoms with E-state index in [1.165, 1.54) is 0 Å². The number of rotatable bonds is 6. The summed E-state index contributed by atoms with van der Waals surface area (Å²) in [6.45, 7) is 11.3. The molecule has 0 aliphatic carbocycles. The lowest BCUT2D eigenvalue weighted by atomic mass is 9.80. The summed E-state index contributed by atoms with van der Waals surface area (Å²) in [6.07, 6.45) is 1.70. The lowest BCUT2D eigenvalue weighted by Gasteiger charge is -2.52. The van der Waals surface area contributed by atoms with Crippen LogP contribution in [0.15, 0.2) is 30.3 Å². The topological polar surface area (TPSA) is 54.0 Å². The summed E-state index contributed by atoms with van der Waals surface area (Å²) in [7, 11) is 0. The van der Waals surface area contributed by atoms with E-state index in [1.807, 2.05) is 45.9 Å². The highest BCUT2D eigenvalue weighted by atomic mass is 16.7. The summed E-state index contributed by atoms with van der Waals surface area (Å²) in [5.41, 5.74) is 0.666. The molecule has 2 aliphatic rings. The summed E-state index contributed by atoms with van der Waals surface area (Å²) in [5, 5.41) is 0. The van der Waals surface area contributed by atoms with Crippen molar-refractivity contribution in [2.24, 2.45) is 17.3 Å². The molecule has 0 N–H and O–H groups in total. The van der Waals surface area contributed by atoms with Crippen LogP contribution in [0.4, 0.5) is 0 Å². The van der Waals surface area contributed by atoms with Gasteiger partial charge in [-0.1, -0.05) is 37.3 Å². The number of carbonyl (C=O) groups is 1. The molecular formula is C23H34O5. The average Bonchev–Trinajstić information content (AvgIpc) is 2.64. The summed E-state index contributed by atoms with van der Waals surface area (Å²) >= 11 is 0. The zero-order valence-electron chi connectivity index (χ0n) is 17.8. The van der Waals surface area contributed by atoms with Crippen LogP contribution < -0.4 is 0 Å². The zero-order valence-corrected chi connectivity index (χ0v) is 17.8. The van der Waals surface area contributed by atoms with Gasteiger partial charge in [0.25, 0.3) is 0 Å². The molecule has 0 saturated carbocycles. The lowest BCUT2D eigenvalue weighted by Crippen LogP contribution is -2.59. The highest BCUT2D eigenvalue weighted by Crippen LogP contribution is 2.43. The summed E-state index contributed by atoms with van der Waals surface area (Å²) in [6, 6.07) is 10.2. The van der Waals surface area contributed by atoms with E-state index in [-0.39, 0.29) is 30.0 Å². The minimum atomic E-state index is -0.581. The van der Waals surface area contributed by atoms with Crippen LogP contribution >= 0.6 is 0 Å². The van der Waals surface area contributed by atoms with Crippen LogP contribution in [0.2, 0.25) is 0 Å². The van der Waals surface area contributed by atoms with Gasteiger partial charge in [0.2, 0.25) is 0 Å². The maximum atomic E-state index is 12.2. The molecule has 0 aromatic heterocycles. The Hall–Kier alpha value is -1.43. The van der Waals surface area contributed by atoms with Crippen LogP contribution in [0.3, 0.4) is 0 Å². The normalized spacial score (nSPS) is 32.8. The first kappa shape index (κ1) is 21.3. The first-order valence-electron chi connectivity index (χ1n) is 10.3. The van der Waals surface area contributed by atoms with Crippen molar-refractivity contribution >= 4 is 5.97 Å². The van der Waals surface area contributed by atoms with Crippen LogP contribution in [0, 0.1) is 17.3 Å². The van der Waals surface area contributed by atoms with Crippen molar-refractivity contribution in [3.63, 3.8) is 0 Å². The van der Waals surface area contributed by atoms with Crippen molar-refractivity contribution in [2.75, 3.05) is 13.2 Å². The maximum absolute atomic E-state index is 12.2. The quantitative estimate of drug-likeness (QED) is 0.677. The number of fused-ring (bicyclic) bond motifs is 2. The van der Waals surface area contributed by atoms with Gasteiger partial charge in [-0.25, -0.2) is 0 Å². The molecule has 1 aromatic rings. The maximum Gasteiger partial charge on any atom is 0.311 e. The molecule has 2 saturated heterocycles. The van der Waals surface area contributed by atoms with E-state index in [0.717, 1.165) is 18.4 Å². The largest absolute Gasteiger partial charge is 0.465 e. The molecule has 0 radical (unpaired) electrons. The van der Waals surface area contributed by atoms with Gasteiger partial charge in [-0.2, -0.15) is 0 Å². The van der Waals surface area contributed by atoms with Crippen molar-refractivity contribution < 1.29 is 23.7 Å². The highest BCUT2D eigenvalue weighted by molar-refractivity contribution is 5.75. The van der Waals surface area contributed by atoms with Gasteiger partial charge in [0, 0.05) is 18.3 Å². The molecule has 0 unspecified atom stereocenters. The van der Waals surface area contributed by atoms with Gasteiger partial charge in [0.15, 0.2) is 5.79 Å². The van der Waals surface area contributed by atoms with Gasteiger partial charge in [-0.3, -0.25) is 4.79 Å². The third-order valence-electron chi connectivity index (χ3n) is 5.76. The second-order valence-corrected chi connectivity index (χ2v) is 9.38.